The SMILES string of the molecule is Nc1nc(N)nc(SCC(=O)Nc2cccc(N3CCCC3=O)c2)n1. The van der Waals surface area contributed by atoms with Gasteiger partial charge in [0.05, 0.1) is 5.75 Å². The summed E-state index contributed by atoms with van der Waals surface area (Å²) in [5.74, 6) is -0.0104. The molecule has 0 radical (unpaired) electrons. The molecule has 0 unspecified atom stereocenters. The zero-order valence-electron chi connectivity index (χ0n) is 13.3. The van der Waals surface area contributed by atoms with Gasteiger partial charge >= 0.3 is 0 Å². The van der Waals surface area contributed by atoms with Gasteiger partial charge in [-0.2, -0.15) is 15.0 Å². The molecule has 0 aliphatic carbocycles. The lowest BCUT2D eigenvalue weighted by atomic mass is 10.2. The monoisotopic (exact) mass is 359 g/mol. The van der Waals surface area contributed by atoms with E-state index in [1.165, 1.54) is 0 Å². The third-order valence-corrected chi connectivity index (χ3v) is 4.34. The average Bonchev–Trinajstić information content (AvgIpc) is 2.98. The number of rotatable bonds is 5. The minimum atomic E-state index is -0.229. The Morgan fingerprint density at radius 1 is 1.24 bits per heavy atom. The van der Waals surface area contributed by atoms with E-state index in [1.807, 2.05) is 6.07 Å². The summed E-state index contributed by atoms with van der Waals surface area (Å²) in [5.41, 5.74) is 12.4. The number of nitrogens with one attached hydrogen (secondary N) is 1. The summed E-state index contributed by atoms with van der Waals surface area (Å²) in [6, 6.07) is 7.21. The zero-order valence-corrected chi connectivity index (χ0v) is 14.1. The van der Waals surface area contributed by atoms with Crippen LogP contribution in [0, 0.1) is 0 Å². The molecule has 0 saturated carbocycles. The number of hydrogen-bond donors (Lipinski definition) is 3. The highest BCUT2D eigenvalue weighted by molar-refractivity contribution is 7.99. The first-order valence-corrected chi connectivity index (χ1v) is 8.60. The van der Waals surface area contributed by atoms with E-state index in [4.69, 9.17) is 11.5 Å². The Hall–Kier alpha value is -2.88. The molecule has 25 heavy (non-hydrogen) atoms. The van der Waals surface area contributed by atoms with Crippen molar-refractivity contribution in [1.82, 2.24) is 15.0 Å². The molecule has 2 amide bonds. The van der Waals surface area contributed by atoms with E-state index in [0.29, 0.717) is 18.7 Å². The van der Waals surface area contributed by atoms with Crippen molar-refractivity contribution >= 4 is 46.8 Å². The molecule has 0 atom stereocenters. The number of benzene rings is 1. The van der Waals surface area contributed by atoms with E-state index in [1.54, 1.807) is 23.1 Å². The second-order valence-corrected chi connectivity index (χ2v) is 6.31. The van der Waals surface area contributed by atoms with Crippen LogP contribution in [-0.2, 0) is 9.59 Å². The first kappa shape index (κ1) is 17.0. The van der Waals surface area contributed by atoms with Crippen LogP contribution in [0.1, 0.15) is 12.8 Å². The number of nitrogen functional groups attached to an aromatic ring is 2. The first-order valence-electron chi connectivity index (χ1n) is 7.61. The lowest BCUT2D eigenvalue weighted by Crippen LogP contribution is -2.23. The molecule has 1 aromatic heterocycles. The number of carbonyl (C=O) groups is 2. The van der Waals surface area contributed by atoms with Crippen LogP contribution in [0.3, 0.4) is 0 Å². The van der Waals surface area contributed by atoms with Crippen molar-refractivity contribution in [3.63, 3.8) is 0 Å². The summed E-state index contributed by atoms with van der Waals surface area (Å²) < 4.78 is 0. The predicted octanol–water partition coefficient (Wildman–Crippen LogP) is 0.894. The Labute approximate surface area is 148 Å². The van der Waals surface area contributed by atoms with Gasteiger partial charge in [-0.05, 0) is 24.6 Å². The van der Waals surface area contributed by atoms with E-state index < -0.39 is 0 Å². The molecule has 130 valence electrons. The Kier molecular flexibility index (Phi) is 4.98. The molecule has 1 aliphatic rings. The number of nitrogens with zero attached hydrogens (tertiary/aromatic N) is 4. The number of nitrogens with two attached hydrogens (primary N) is 2. The highest BCUT2D eigenvalue weighted by atomic mass is 32.2. The van der Waals surface area contributed by atoms with E-state index in [9.17, 15) is 9.59 Å². The van der Waals surface area contributed by atoms with Crippen LogP contribution in [-0.4, -0.2) is 39.1 Å². The molecule has 5 N–H and O–H groups in total. The van der Waals surface area contributed by atoms with E-state index in [0.717, 1.165) is 23.9 Å². The topological polar surface area (TPSA) is 140 Å². The van der Waals surface area contributed by atoms with Gasteiger partial charge in [0.25, 0.3) is 0 Å². The van der Waals surface area contributed by atoms with Crippen LogP contribution >= 0.6 is 11.8 Å². The van der Waals surface area contributed by atoms with Gasteiger partial charge in [-0.1, -0.05) is 17.8 Å². The maximum absolute atomic E-state index is 12.1. The largest absolute Gasteiger partial charge is 0.368 e. The Morgan fingerprint density at radius 2 is 2.00 bits per heavy atom. The molecule has 3 rings (SSSR count). The number of carbonyl (C=O) groups excluding carboxylic acids is 2. The van der Waals surface area contributed by atoms with Crippen molar-refractivity contribution in [2.24, 2.45) is 0 Å². The van der Waals surface area contributed by atoms with Crippen molar-refractivity contribution in [2.75, 3.05) is 34.0 Å². The number of thioether (sulfide) groups is 1. The number of aromatic nitrogens is 3. The zero-order chi connectivity index (χ0) is 17.8. The fourth-order valence-corrected chi connectivity index (χ4v) is 3.10. The summed E-state index contributed by atoms with van der Waals surface area (Å²) in [6.07, 6.45) is 1.41. The van der Waals surface area contributed by atoms with Gasteiger partial charge in [0.2, 0.25) is 23.7 Å². The lowest BCUT2D eigenvalue weighted by molar-refractivity contribution is -0.117. The van der Waals surface area contributed by atoms with Crippen LogP contribution in [0.5, 0.6) is 0 Å². The molecule has 9 nitrogen and oxygen atoms in total. The molecular weight excluding hydrogens is 342 g/mol. The summed E-state index contributed by atoms with van der Waals surface area (Å²) >= 11 is 1.11. The summed E-state index contributed by atoms with van der Waals surface area (Å²) in [7, 11) is 0. The summed E-state index contributed by atoms with van der Waals surface area (Å²) in [4.78, 5) is 37.1. The van der Waals surface area contributed by atoms with Gasteiger partial charge in [-0.15, -0.1) is 0 Å². The molecule has 2 heterocycles. The molecule has 0 bridgehead atoms. The minimum Gasteiger partial charge on any atom is -0.368 e. The second-order valence-electron chi connectivity index (χ2n) is 5.37. The number of hydrogen-bond acceptors (Lipinski definition) is 8. The maximum atomic E-state index is 12.1. The first-order chi connectivity index (χ1) is 12.0. The maximum Gasteiger partial charge on any atom is 0.234 e. The van der Waals surface area contributed by atoms with Crippen LogP contribution in [0.4, 0.5) is 23.3 Å². The average molecular weight is 359 g/mol. The standard InChI is InChI=1S/C15H17N7O2S/c16-13-19-14(17)21-15(20-13)25-8-11(23)18-9-3-1-4-10(7-9)22-6-2-5-12(22)24/h1,3-4,7H,2,5-6,8H2,(H,18,23)(H4,16,17,19,20,21). The van der Waals surface area contributed by atoms with Gasteiger partial charge in [-0.25, -0.2) is 0 Å². The van der Waals surface area contributed by atoms with Crippen LogP contribution in [0.15, 0.2) is 29.4 Å². The van der Waals surface area contributed by atoms with Gasteiger partial charge in [-0.3, -0.25) is 9.59 Å². The molecule has 1 saturated heterocycles. The Bertz CT molecular complexity index is 794. The fraction of sp³-hybridized carbons (Fsp3) is 0.267. The second kappa shape index (κ2) is 7.34. The Balaban J connectivity index is 1.60. The van der Waals surface area contributed by atoms with Crippen LogP contribution in [0.25, 0.3) is 0 Å². The van der Waals surface area contributed by atoms with E-state index in [2.05, 4.69) is 20.3 Å². The molecule has 2 aromatic rings. The van der Waals surface area contributed by atoms with E-state index >= 15 is 0 Å². The molecule has 0 spiro atoms. The normalized spacial score (nSPS) is 13.9. The number of amides is 2. The highest BCUT2D eigenvalue weighted by Crippen LogP contribution is 2.24. The molecule has 1 aliphatic heterocycles. The molecule has 1 aromatic carbocycles. The third kappa shape index (κ3) is 4.35. The minimum absolute atomic E-state index is 0.0124. The van der Waals surface area contributed by atoms with Gasteiger partial charge in [0.1, 0.15) is 0 Å². The van der Waals surface area contributed by atoms with Crippen molar-refractivity contribution in [3.05, 3.63) is 24.3 Å². The van der Waals surface area contributed by atoms with Crippen molar-refractivity contribution in [3.8, 4) is 0 Å². The van der Waals surface area contributed by atoms with Gasteiger partial charge < -0.3 is 21.7 Å². The van der Waals surface area contributed by atoms with E-state index in [-0.39, 0.29) is 34.6 Å². The predicted molar refractivity (Wildman–Crippen MR) is 96.0 cm³/mol. The third-order valence-electron chi connectivity index (χ3n) is 3.50. The summed E-state index contributed by atoms with van der Waals surface area (Å²) in [6.45, 7) is 0.703. The van der Waals surface area contributed by atoms with Gasteiger partial charge in [0.15, 0.2) is 5.16 Å². The van der Waals surface area contributed by atoms with Crippen LogP contribution < -0.4 is 21.7 Å². The Morgan fingerprint density at radius 3 is 2.68 bits per heavy atom. The summed E-state index contributed by atoms with van der Waals surface area (Å²) in [5, 5.41) is 3.08. The number of anilines is 4. The fourth-order valence-electron chi connectivity index (χ4n) is 2.45. The van der Waals surface area contributed by atoms with Crippen molar-refractivity contribution < 1.29 is 9.59 Å². The smallest absolute Gasteiger partial charge is 0.234 e. The highest BCUT2D eigenvalue weighted by Gasteiger charge is 2.21. The van der Waals surface area contributed by atoms with Crippen LogP contribution in [0.2, 0.25) is 0 Å². The van der Waals surface area contributed by atoms with Crippen molar-refractivity contribution in [2.45, 2.75) is 18.0 Å². The van der Waals surface area contributed by atoms with Gasteiger partial charge in [0, 0.05) is 24.3 Å². The van der Waals surface area contributed by atoms with Crippen molar-refractivity contribution in [1.29, 1.82) is 0 Å². The molecule has 10 heteroatoms. The molecular formula is C15H17N7O2S. The lowest BCUT2D eigenvalue weighted by Gasteiger charge is -2.16. The molecule has 1 fully saturated rings. The quantitative estimate of drug-likeness (QED) is 0.669.